The first kappa shape index (κ1) is 27.7. The summed E-state index contributed by atoms with van der Waals surface area (Å²) in [5.74, 6) is 0.789. The highest BCUT2D eigenvalue weighted by molar-refractivity contribution is 4.86. The first-order valence-corrected chi connectivity index (χ1v) is 13.5. The topological polar surface area (TPSA) is 0 Å². The largest absolute Gasteiger partial charge is 0.0883 e. The van der Waals surface area contributed by atoms with Crippen molar-refractivity contribution < 1.29 is 0 Å². The van der Waals surface area contributed by atoms with Gasteiger partial charge in [0.2, 0.25) is 0 Å². The lowest BCUT2D eigenvalue weighted by Gasteiger charge is -2.06. The number of hydrogen-bond donors (Lipinski definition) is 0. The van der Waals surface area contributed by atoms with Crippen molar-refractivity contribution in [2.24, 2.45) is 5.92 Å². The van der Waals surface area contributed by atoms with Crippen molar-refractivity contribution in [3.05, 3.63) is 12.2 Å². The Balaban J connectivity index is 3.22. The smallest absolute Gasteiger partial charge is 0.0262 e. The zero-order valence-corrected chi connectivity index (χ0v) is 20.3. The van der Waals surface area contributed by atoms with Crippen LogP contribution in [0, 0.1) is 5.92 Å². The second-order valence-electron chi connectivity index (χ2n) is 9.35. The molecule has 0 rings (SSSR count). The summed E-state index contributed by atoms with van der Waals surface area (Å²) in [5.41, 5.74) is 0. The normalized spacial score (nSPS) is 12.8. The fourth-order valence-electron chi connectivity index (χ4n) is 4.13. The average Bonchev–Trinajstić information content (AvgIpc) is 2.70. The van der Waals surface area contributed by atoms with Crippen LogP contribution in [0.3, 0.4) is 0 Å². The Kier molecular flexibility index (Phi) is 24.5. The van der Waals surface area contributed by atoms with E-state index in [1.54, 1.807) is 0 Å². The van der Waals surface area contributed by atoms with E-state index in [2.05, 4.69) is 32.9 Å². The molecule has 0 heteroatoms. The van der Waals surface area contributed by atoms with E-state index >= 15 is 0 Å². The summed E-state index contributed by atoms with van der Waals surface area (Å²) in [7, 11) is 0. The van der Waals surface area contributed by atoms with E-state index < -0.39 is 0 Å². The lowest BCUT2D eigenvalue weighted by molar-refractivity contribution is 0.525. The third-order valence-corrected chi connectivity index (χ3v) is 6.20. The summed E-state index contributed by atoms with van der Waals surface area (Å²) >= 11 is 0. The molecule has 0 radical (unpaired) electrons. The van der Waals surface area contributed by atoms with Gasteiger partial charge in [0.15, 0.2) is 0 Å². The molecule has 0 bridgehead atoms. The van der Waals surface area contributed by atoms with Crippen LogP contribution in [0.15, 0.2) is 12.2 Å². The van der Waals surface area contributed by atoms with E-state index in [4.69, 9.17) is 0 Å². The maximum absolute atomic E-state index is 2.49. The van der Waals surface area contributed by atoms with Crippen molar-refractivity contribution in [2.75, 3.05) is 0 Å². The molecule has 0 amide bonds. The molecule has 0 aromatic carbocycles. The quantitative estimate of drug-likeness (QED) is 0.120. The highest BCUT2D eigenvalue weighted by Gasteiger charge is 1.98. The molecule has 0 heterocycles. The van der Waals surface area contributed by atoms with E-state index in [1.165, 1.54) is 141 Å². The zero-order chi connectivity index (χ0) is 20.5. The van der Waals surface area contributed by atoms with Gasteiger partial charge in [-0.1, -0.05) is 155 Å². The highest BCUT2D eigenvalue weighted by atomic mass is 14.0. The van der Waals surface area contributed by atoms with E-state index in [1.807, 2.05) is 0 Å². The fraction of sp³-hybridized carbons (Fsp3) is 0.929. The SMILES string of the molecule is CCCCCCCCCCCCC=CC(C)CCCCCCCCCCCC. The predicted molar refractivity (Wildman–Crippen MR) is 131 cm³/mol. The maximum Gasteiger partial charge on any atom is -0.0262 e. The minimum Gasteiger partial charge on any atom is -0.0883 e. The van der Waals surface area contributed by atoms with Gasteiger partial charge < -0.3 is 0 Å². The molecule has 28 heavy (non-hydrogen) atoms. The number of unbranched alkanes of at least 4 members (excludes halogenated alkanes) is 19. The van der Waals surface area contributed by atoms with Crippen LogP contribution in [0.4, 0.5) is 0 Å². The Morgan fingerprint density at radius 2 is 0.821 bits per heavy atom. The molecule has 0 fully saturated rings. The second kappa shape index (κ2) is 24.8. The molecule has 1 unspecified atom stereocenters. The van der Waals surface area contributed by atoms with Crippen LogP contribution in [0.1, 0.15) is 162 Å². The van der Waals surface area contributed by atoms with Crippen molar-refractivity contribution >= 4 is 0 Å². The maximum atomic E-state index is 2.49. The summed E-state index contributed by atoms with van der Waals surface area (Å²) in [6.07, 6.45) is 36.5. The van der Waals surface area contributed by atoms with E-state index in [0.717, 1.165) is 5.92 Å². The monoisotopic (exact) mass is 392 g/mol. The molecule has 1 atom stereocenters. The van der Waals surface area contributed by atoms with Gasteiger partial charge in [-0.3, -0.25) is 0 Å². The van der Waals surface area contributed by atoms with Gasteiger partial charge in [0.1, 0.15) is 0 Å². The molecule has 168 valence electrons. The molecule has 0 N–H and O–H groups in total. The van der Waals surface area contributed by atoms with Crippen molar-refractivity contribution in [2.45, 2.75) is 162 Å². The van der Waals surface area contributed by atoms with Gasteiger partial charge in [-0.25, -0.2) is 0 Å². The van der Waals surface area contributed by atoms with Gasteiger partial charge in [-0.2, -0.15) is 0 Å². The van der Waals surface area contributed by atoms with Gasteiger partial charge in [0.25, 0.3) is 0 Å². The zero-order valence-electron chi connectivity index (χ0n) is 20.3. The average molecular weight is 393 g/mol. The first-order valence-electron chi connectivity index (χ1n) is 13.5. The van der Waals surface area contributed by atoms with E-state index in [9.17, 15) is 0 Å². The van der Waals surface area contributed by atoms with Crippen LogP contribution in [0.5, 0.6) is 0 Å². The Morgan fingerprint density at radius 1 is 0.464 bits per heavy atom. The van der Waals surface area contributed by atoms with Gasteiger partial charge in [-0.05, 0) is 25.2 Å². The van der Waals surface area contributed by atoms with Crippen molar-refractivity contribution in [3.63, 3.8) is 0 Å². The second-order valence-corrected chi connectivity index (χ2v) is 9.35. The highest BCUT2D eigenvalue weighted by Crippen LogP contribution is 2.15. The summed E-state index contributed by atoms with van der Waals surface area (Å²) in [6, 6.07) is 0. The Hall–Kier alpha value is -0.260. The van der Waals surface area contributed by atoms with Gasteiger partial charge in [-0.15, -0.1) is 0 Å². The number of rotatable bonds is 23. The first-order chi connectivity index (χ1) is 13.8. The third-order valence-electron chi connectivity index (χ3n) is 6.20. The van der Waals surface area contributed by atoms with Crippen LogP contribution >= 0.6 is 0 Å². The molecule has 0 aromatic heterocycles. The summed E-state index contributed by atoms with van der Waals surface area (Å²) < 4.78 is 0. The molecule has 0 aromatic rings. The molecule has 0 aliphatic carbocycles. The van der Waals surface area contributed by atoms with E-state index in [0.29, 0.717) is 0 Å². The summed E-state index contributed by atoms with van der Waals surface area (Å²) in [6.45, 7) is 7.00. The lowest BCUT2D eigenvalue weighted by atomic mass is 10.00. The van der Waals surface area contributed by atoms with Crippen LogP contribution < -0.4 is 0 Å². The fourth-order valence-corrected chi connectivity index (χ4v) is 4.13. The predicted octanol–water partition coefficient (Wildman–Crippen LogP) is 10.8. The van der Waals surface area contributed by atoms with Crippen molar-refractivity contribution in [3.8, 4) is 0 Å². The van der Waals surface area contributed by atoms with Crippen molar-refractivity contribution in [1.29, 1.82) is 0 Å². The Morgan fingerprint density at radius 3 is 1.25 bits per heavy atom. The molecule has 0 spiro atoms. The molecular formula is C28H56. The molecule has 0 saturated heterocycles. The standard InChI is InChI=1S/C28H56/c1-4-6-8-10-12-14-16-17-19-21-23-25-27-28(3)26-24-22-20-18-15-13-11-9-7-5-2/h25,27-28H,4-24,26H2,1-3H3. The van der Waals surface area contributed by atoms with Crippen LogP contribution in [-0.4, -0.2) is 0 Å². The van der Waals surface area contributed by atoms with Crippen LogP contribution in [0.25, 0.3) is 0 Å². The number of hydrogen-bond acceptors (Lipinski definition) is 0. The Bertz CT molecular complexity index is 290. The van der Waals surface area contributed by atoms with Crippen LogP contribution in [-0.2, 0) is 0 Å². The van der Waals surface area contributed by atoms with Gasteiger partial charge in [0, 0.05) is 0 Å². The minimum atomic E-state index is 0.789. The minimum absolute atomic E-state index is 0.789. The Labute approximate surface area is 180 Å². The van der Waals surface area contributed by atoms with Crippen LogP contribution in [0.2, 0.25) is 0 Å². The number of allylic oxidation sites excluding steroid dienone is 2. The summed E-state index contributed by atoms with van der Waals surface area (Å²) in [5, 5.41) is 0. The summed E-state index contributed by atoms with van der Waals surface area (Å²) in [4.78, 5) is 0. The van der Waals surface area contributed by atoms with Gasteiger partial charge in [0.05, 0.1) is 0 Å². The lowest BCUT2D eigenvalue weighted by Crippen LogP contribution is -1.90. The molecule has 0 aliphatic heterocycles. The molecule has 0 saturated carbocycles. The van der Waals surface area contributed by atoms with Gasteiger partial charge >= 0.3 is 0 Å². The molecule has 0 nitrogen and oxygen atoms in total. The molecule has 0 aliphatic rings. The van der Waals surface area contributed by atoms with E-state index in [-0.39, 0.29) is 0 Å². The molecular weight excluding hydrogens is 336 g/mol. The third kappa shape index (κ3) is 23.8. The van der Waals surface area contributed by atoms with Crippen molar-refractivity contribution in [1.82, 2.24) is 0 Å².